The summed E-state index contributed by atoms with van der Waals surface area (Å²) < 4.78 is 16.8. The SMILES string of the molecule is N=IC1CCC[C@H]1C(=O)OC(CC1c2ccccc2-c2cncn21)C1CCCCC1. The molecule has 2 saturated carbocycles. The molecule has 1 aromatic carbocycles. The minimum absolute atomic E-state index is 0.0165. The number of alkyl halides is 1. The van der Waals surface area contributed by atoms with E-state index in [0.29, 0.717) is 5.92 Å². The fourth-order valence-corrected chi connectivity index (χ4v) is 7.62. The van der Waals surface area contributed by atoms with Crippen molar-refractivity contribution in [2.75, 3.05) is 0 Å². The summed E-state index contributed by atoms with van der Waals surface area (Å²) in [5, 5.41) is 0. The van der Waals surface area contributed by atoms with E-state index in [1.807, 2.05) is 12.5 Å². The van der Waals surface area contributed by atoms with Gasteiger partial charge in [-0.25, -0.2) is 4.98 Å². The van der Waals surface area contributed by atoms with E-state index in [1.165, 1.54) is 36.1 Å². The van der Waals surface area contributed by atoms with Crippen molar-refractivity contribution in [2.45, 2.75) is 73.9 Å². The lowest BCUT2D eigenvalue weighted by atomic mass is 9.82. The Morgan fingerprint density at radius 2 is 2.00 bits per heavy atom. The molecule has 1 N–H and O–H groups in total. The highest BCUT2D eigenvalue weighted by molar-refractivity contribution is 14.1. The van der Waals surface area contributed by atoms with Crippen molar-refractivity contribution in [1.29, 1.82) is 3.56 Å². The molecule has 0 saturated heterocycles. The first-order chi connectivity index (χ1) is 14.8. The van der Waals surface area contributed by atoms with Crippen molar-refractivity contribution >= 4 is 27.0 Å². The number of benzene rings is 1. The Bertz CT molecular complexity index is 921. The Kier molecular flexibility index (Phi) is 6.03. The van der Waals surface area contributed by atoms with Crippen LogP contribution in [-0.2, 0) is 9.53 Å². The van der Waals surface area contributed by atoms with Crippen LogP contribution in [0.1, 0.15) is 69.4 Å². The summed E-state index contributed by atoms with van der Waals surface area (Å²) in [6.07, 6.45) is 13.8. The van der Waals surface area contributed by atoms with Crippen molar-refractivity contribution in [3.05, 3.63) is 42.4 Å². The topological polar surface area (TPSA) is 68.0 Å². The zero-order chi connectivity index (χ0) is 20.5. The molecule has 0 amide bonds. The van der Waals surface area contributed by atoms with Crippen LogP contribution in [0.3, 0.4) is 0 Å². The number of imidazole rings is 1. The first-order valence-electron chi connectivity index (χ1n) is 11.4. The second-order valence-electron chi connectivity index (χ2n) is 9.06. The number of aromatic nitrogens is 2. The molecule has 4 atom stereocenters. The van der Waals surface area contributed by atoms with Gasteiger partial charge in [-0.3, -0.25) is 8.36 Å². The molecule has 1 aromatic heterocycles. The van der Waals surface area contributed by atoms with Gasteiger partial charge >= 0.3 is 5.97 Å². The zero-order valence-electron chi connectivity index (χ0n) is 17.3. The van der Waals surface area contributed by atoms with Gasteiger partial charge in [0, 0.05) is 15.9 Å². The fraction of sp³-hybridized carbons (Fsp3) is 0.583. The predicted molar refractivity (Wildman–Crippen MR) is 125 cm³/mol. The van der Waals surface area contributed by atoms with Crippen LogP contribution >= 0.6 is 21.0 Å². The molecule has 2 fully saturated rings. The first kappa shape index (κ1) is 20.3. The summed E-state index contributed by atoms with van der Waals surface area (Å²) in [6, 6.07) is 8.76. The van der Waals surface area contributed by atoms with Gasteiger partial charge in [0.2, 0.25) is 0 Å². The molecule has 0 bridgehead atoms. The average Bonchev–Trinajstić information content (AvgIpc) is 3.51. The van der Waals surface area contributed by atoms with Crippen LogP contribution in [0, 0.1) is 15.4 Å². The van der Waals surface area contributed by atoms with Gasteiger partial charge < -0.3 is 9.30 Å². The molecule has 6 heteroatoms. The number of halogens is 1. The van der Waals surface area contributed by atoms with Gasteiger partial charge in [-0.1, -0.05) is 49.9 Å². The Morgan fingerprint density at radius 3 is 2.83 bits per heavy atom. The Morgan fingerprint density at radius 1 is 1.17 bits per heavy atom. The molecule has 1 aliphatic heterocycles. The third-order valence-corrected chi connectivity index (χ3v) is 9.66. The van der Waals surface area contributed by atoms with Gasteiger partial charge in [0.05, 0.1) is 30.2 Å². The van der Waals surface area contributed by atoms with E-state index < -0.39 is 21.0 Å². The van der Waals surface area contributed by atoms with E-state index in [2.05, 4.69) is 33.8 Å². The predicted octanol–water partition coefficient (Wildman–Crippen LogP) is 6.24. The second kappa shape index (κ2) is 8.89. The lowest BCUT2D eigenvalue weighted by molar-refractivity contribution is -0.158. The van der Waals surface area contributed by atoms with Gasteiger partial charge in [-0.15, -0.1) is 0 Å². The largest absolute Gasteiger partial charge is 0.462 e. The van der Waals surface area contributed by atoms with Crippen LogP contribution in [-0.4, -0.2) is 25.5 Å². The van der Waals surface area contributed by atoms with Crippen molar-refractivity contribution in [1.82, 2.24) is 9.55 Å². The van der Waals surface area contributed by atoms with Crippen molar-refractivity contribution in [2.24, 2.45) is 11.8 Å². The van der Waals surface area contributed by atoms with Gasteiger partial charge in [0.1, 0.15) is 6.10 Å². The number of hydrogen-bond acceptors (Lipinski definition) is 4. The fourth-order valence-electron chi connectivity index (χ4n) is 5.78. The smallest absolute Gasteiger partial charge is 0.310 e. The van der Waals surface area contributed by atoms with Crippen LogP contribution in [0.2, 0.25) is 0 Å². The van der Waals surface area contributed by atoms with E-state index in [0.717, 1.165) is 38.5 Å². The molecule has 5 nitrogen and oxygen atoms in total. The molecule has 30 heavy (non-hydrogen) atoms. The molecule has 2 aliphatic carbocycles. The average molecular weight is 519 g/mol. The van der Waals surface area contributed by atoms with E-state index in [9.17, 15) is 4.79 Å². The molecule has 3 unspecified atom stereocenters. The standard InChI is InChI=1S/C24H30IN3O2/c26-25-20-12-6-11-19(20)24(29)30-23(16-7-2-1-3-8-16)13-21-17-9-4-5-10-18(17)22-14-27-15-28(21)22/h4-5,9-10,14-16,19-21,23,26H,1-3,6-8,11-13H2/t19-,20?,21?,23?/m1/s1. The van der Waals surface area contributed by atoms with Gasteiger partial charge in [0.25, 0.3) is 0 Å². The third-order valence-electron chi connectivity index (χ3n) is 7.37. The number of carbonyl (C=O) groups excluding carboxylic acids is 1. The van der Waals surface area contributed by atoms with E-state index in [1.54, 1.807) is 0 Å². The Hall–Kier alpha value is -1.57. The summed E-state index contributed by atoms with van der Waals surface area (Å²) >= 11 is -0.652. The quantitative estimate of drug-likeness (QED) is 0.279. The summed E-state index contributed by atoms with van der Waals surface area (Å²) in [7, 11) is 0. The van der Waals surface area contributed by atoms with Crippen LogP contribution in [0.15, 0.2) is 36.8 Å². The maximum atomic E-state index is 13.2. The number of carbonyl (C=O) groups is 1. The number of nitrogens with zero attached hydrogens (tertiary/aromatic N) is 2. The number of rotatable bonds is 6. The number of hydrogen-bond donors (Lipinski definition) is 1. The molecule has 5 rings (SSSR count). The van der Waals surface area contributed by atoms with Crippen molar-refractivity contribution in [3.63, 3.8) is 0 Å². The molecular formula is C24H30IN3O2. The van der Waals surface area contributed by atoms with Crippen molar-refractivity contribution in [3.8, 4) is 11.3 Å². The van der Waals surface area contributed by atoms with Crippen molar-refractivity contribution < 1.29 is 9.53 Å². The molecule has 2 heterocycles. The maximum Gasteiger partial charge on any atom is 0.310 e. The zero-order valence-corrected chi connectivity index (χ0v) is 19.5. The minimum atomic E-state index is -0.652. The number of esters is 1. The van der Waals surface area contributed by atoms with Crippen LogP contribution in [0.4, 0.5) is 0 Å². The highest BCUT2D eigenvalue weighted by atomic mass is 127. The molecule has 0 radical (unpaired) electrons. The second-order valence-corrected chi connectivity index (χ2v) is 11.3. The summed E-state index contributed by atoms with van der Waals surface area (Å²) in [5.74, 6) is 0.409. The number of nitrogens with one attached hydrogen (secondary N) is 1. The molecular weight excluding hydrogens is 489 g/mol. The maximum absolute atomic E-state index is 13.2. The summed E-state index contributed by atoms with van der Waals surface area (Å²) in [6.45, 7) is 0. The van der Waals surface area contributed by atoms with Gasteiger partial charge in [-0.05, 0) is 58.2 Å². The lowest BCUT2D eigenvalue weighted by Gasteiger charge is -2.33. The minimum Gasteiger partial charge on any atom is -0.462 e. The molecule has 3 aliphatic rings. The third kappa shape index (κ3) is 3.76. The monoisotopic (exact) mass is 519 g/mol. The number of ether oxygens (including phenoxy) is 1. The highest BCUT2D eigenvalue weighted by Gasteiger charge is 2.39. The van der Waals surface area contributed by atoms with Crippen LogP contribution in [0.25, 0.3) is 11.3 Å². The molecule has 0 spiro atoms. The molecule has 160 valence electrons. The Labute approximate surface area is 188 Å². The number of fused-ring (bicyclic) bond motifs is 3. The van der Waals surface area contributed by atoms with Crippen LogP contribution in [0.5, 0.6) is 0 Å². The normalized spacial score (nSPS) is 26.9. The van der Waals surface area contributed by atoms with E-state index in [4.69, 9.17) is 8.30 Å². The van der Waals surface area contributed by atoms with E-state index in [-0.39, 0.29) is 28.0 Å². The highest BCUT2D eigenvalue weighted by Crippen LogP contribution is 2.44. The first-order valence-corrected chi connectivity index (χ1v) is 13.7. The molecule has 2 aromatic rings. The summed E-state index contributed by atoms with van der Waals surface area (Å²) in [5.41, 5.74) is 3.74. The van der Waals surface area contributed by atoms with Crippen LogP contribution < -0.4 is 0 Å². The lowest BCUT2D eigenvalue weighted by Crippen LogP contribution is -2.34. The van der Waals surface area contributed by atoms with E-state index >= 15 is 0 Å². The summed E-state index contributed by atoms with van der Waals surface area (Å²) in [4.78, 5) is 17.6. The Balaban J connectivity index is 1.40. The van der Waals surface area contributed by atoms with Gasteiger partial charge in [-0.2, -0.15) is 0 Å². The van der Waals surface area contributed by atoms with Gasteiger partial charge in [0.15, 0.2) is 0 Å².